The van der Waals surface area contributed by atoms with Crippen molar-refractivity contribution in [3.63, 3.8) is 0 Å². The first-order valence-corrected chi connectivity index (χ1v) is 6.64. The maximum absolute atomic E-state index is 5.95. The van der Waals surface area contributed by atoms with Crippen molar-refractivity contribution in [1.29, 1.82) is 0 Å². The highest BCUT2D eigenvalue weighted by Crippen LogP contribution is 2.25. The van der Waals surface area contributed by atoms with Crippen molar-refractivity contribution in [2.24, 2.45) is 0 Å². The van der Waals surface area contributed by atoms with Gasteiger partial charge in [-0.25, -0.2) is 0 Å². The fraction of sp³-hybridized carbons (Fsp3) is 0.462. The summed E-state index contributed by atoms with van der Waals surface area (Å²) in [4.78, 5) is 6.70. The number of aromatic nitrogens is 1. The largest absolute Gasteiger partial charge is 0.423 e. The molecule has 1 aromatic heterocycles. The van der Waals surface area contributed by atoms with E-state index in [1.54, 1.807) is 0 Å². The Morgan fingerprint density at radius 2 is 2.33 bits per heavy atom. The third-order valence-corrected chi connectivity index (χ3v) is 3.55. The number of benzene rings is 1. The summed E-state index contributed by atoms with van der Waals surface area (Å²) in [7, 11) is 0. The van der Waals surface area contributed by atoms with Crippen LogP contribution in [0.3, 0.4) is 0 Å². The van der Waals surface area contributed by atoms with Gasteiger partial charge in [-0.3, -0.25) is 0 Å². The second-order valence-corrected chi connectivity index (χ2v) is 5.18. The topological polar surface area (TPSA) is 41.3 Å². The molecule has 0 aliphatic carbocycles. The van der Waals surface area contributed by atoms with E-state index in [1.165, 1.54) is 0 Å². The SMILES string of the molecule is C[C@H]1CCN(c2nc3cc(Cl)ccc3o2)CCN1. The monoisotopic (exact) mass is 265 g/mol. The van der Waals surface area contributed by atoms with E-state index < -0.39 is 0 Å². The van der Waals surface area contributed by atoms with Crippen LogP contribution in [-0.2, 0) is 0 Å². The van der Waals surface area contributed by atoms with E-state index >= 15 is 0 Å². The lowest BCUT2D eigenvalue weighted by molar-refractivity contribution is 0.559. The Bertz CT molecular complexity index is 554. The molecule has 0 saturated carbocycles. The summed E-state index contributed by atoms with van der Waals surface area (Å²) in [5, 5.41) is 4.14. The molecule has 2 aromatic rings. The van der Waals surface area contributed by atoms with Crippen LogP contribution in [-0.4, -0.2) is 30.7 Å². The highest BCUT2D eigenvalue weighted by atomic mass is 35.5. The predicted molar refractivity (Wildman–Crippen MR) is 73.3 cm³/mol. The van der Waals surface area contributed by atoms with Gasteiger partial charge in [-0.1, -0.05) is 11.6 Å². The Kier molecular flexibility index (Phi) is 3.14. The van der Waals surface area contributed by atoms with Gasteiger partial charge in [0.25, 0.3) is 6.01 Å². The number of nitrogens with zero attached hydrogens (tertiary/aromatic N) is 2. The number of fused-ring (bicyclic) bond motifs is 1. The van der Waals surface area contributed by atoms with Crippen molar-refractivity contribution in [2.75, 3.05) is 24.5 Å². The lowest BCUT2D eigenvalue weighted by atomic mass is 10.2. The summed E-state index contributed by atoms with van der Waals surface area (Å²) in [6.07, 6.45) is 1.10. The van der Waals surface area contributed by atoms with E-state index in [-0.39, 0.29) is 0 Å². The van der Waals surface area contributed by atoms with Gasteiger partial charge in [-0.2, -0.15) is 4.98 Å². The molecule has 5 heteroatoms. The van der Waals surface area contributed by atoms with Crippen molar-refractivity contribution < 1.29 is 4.42 Å². The van der Waals surface area contributed by atoms with Gasteiger partial charge in [0.15, 0.2) is 5.58 Å². The highest BCUT2D eigenvalue weighted by molar-refractivity contribution is 6.31. The Morgan fingerprint density at radius 3 is 3.22 bits per heavy atom. The molecule has 1 saturated heterocycles. The maximum atomic E-state index is 5.95. The van der Waals surface area contributed by atoms with Crippen LogP contribution in [0.25, 0.3) is 11.1 Å². The number of nitrogens with one attached hydrogen (secondary N) is 1. The molecule has 0 spiro atoms. The van der Waals surface area contributed by atoms with Gasteiger partial charge < -0.3 is 14.6 Å². The number of hydrogen-bond donors (Lipinski definition) is 1. The van der Waals surface area contributed by atoms with Crippen LogP contribution in [0.5, 0.6) is 0 Å². The van der Waals surface area contributed by atoms with Gasteiger partial charge in [-0.15, -0.1) is 0 Å². The predicted octanol–water partition coefficient (Wildman–Crippen LogP) is 2.67. The summed E-state index contributed by atoms with van der Waals surface area (Å²) in [5.41, 5.74) is 1.61. The number of rotatable bonds is 1. The van der Waals surface area contributed by atoms with Crippen LogP contribution in [0.15, 0.2) is 22.6 Å². The molecule has 96 valence electrons. The van der Waals surface area contributed by atoms with Crippen LogP contribution in [0.2, 0.25) is 5.02 Å². The number of halogens is 1. The second kappa shape index (κ2) is 4.78. The van der Waals surface area contributed by atoms with Crippen molar-refractivity contribution in [3.8, 4) is 0 Å². The van der Waals surface area contributed by atoms with Gasteiger partial charge in [0.2, 0.25) is 0 Å². The molecular formula is C13H16ClN3O. The van der Waals surface area contributed by atoms with Crippen molar-refractivity contribution >= 4 is 28.7 Å². The van der Waals surface area contributed by atoms with Crippen LogP contribution in [0.1, 0.15) is 13.3 Å². The quantitative estimate of drug-likeness (QED) is 0.861. The van der Waals surface area contributed by atoms with E-state index in [1.807, 2.05) is 18.2 Å². The molecule has 4 nitrogen and oxygen atoms in total. The minimum Gasteiger partial charge on any atom is -0.423 e. The molecular weight excluding hydrogens is 250 g/mol. The van der Waals surface area contributed by atoms with Crippen LogP contribution >= 0.6 is 11.6 Å². The van der Waals surface area contributed by atoms with E-state index in [9.17, 15) is 0 Å². The zero-order chi connectivity index (χ0) is 12.5. The van der Waals surface area contributed by atoms with Crippen LogP contribution in [0, 0.1) is 0 Å². The zero-order valence-corrected chi connectivity index (χ0v) is 11.1. The summed E-state index contributed by atoms with van der Waals surface area (Å²) >= 11 is 5.95. The van der Waals surface area contributed by atoms with Crippen molar-refractivity contribution in [1.82, 2.24) is 10.3 Å². The van der Waals surface area contributed by atoms with Gasteiger partial charge in [0.05, 0.1) is 0 Å². The molecule has 18 heavy (non-hydrogen) atoms. The Labute approximate surface area is 111 Å². The lowest BCUT2D eigenvalue weighted by Crippen LogP contribution is -2.29. The fourth-order valence-electron chi connectivity index (χ4n) is 2.22. The van der Waals surface area contributed by atoms with E-state index in [0.29, 0.717) is 17.1 Å². The Morgan fingerprint density at radius 1 is 1.44 bits per heavy atom. The molecule has 0 radical (unpaired) electrons. The molecule has 1 aliphatic heterocycles. The molecule has 0 unspecified atom stereocenters. The van der Waals surface area contributed by atoms with Crippen molar-refractivity contribution in [2.45, 2.75) is 19.4 Å². The average Bonchev–Trinajstić information content (AvgIpc) is 2.63. The standard InChI is InChI=1S/C13H16ClN3O/c1-9-4-6-17(7-5-15-9)13-16-11-8-10(14)2-3-12(11)18-13/h2-3,8-9,15H,4-7H2,1H3/t9-/m0/s1. The number of anilines is 1. The molecule has 1 N–H and O–H groups in total. The molecule has 3 rings (SSSR count). The summed E-state index contributed by atoms with van der Waals surface area (Å²) < 4.78 is 5.78. The van der Waals surface area contributed by atoms with Gasteiger partial charge in [-0.05, 0) is 31.5 Å². The first-order valence-electron chi connectivity index (χ1n) is 6.27. The minimum absolute atomic E-state index is 0.550. The van der Waals surface area contributed by atoms with E-state index in [2.05, 4.69) is 22.1 Å². The fourth-order valence-corrected chi connectivity index (χ4v) is 2.39. The van der Waals surface area contributed by atoms with Crippen molar-refractivity contribution in [3.05, 3.63) is 23.2 Å². The number of hydrogen-bond acceptors (Lipinski definition) is 4. The van der Waals surface area contributed by atoms with Gasteiger partial charge in [0, 0.05) is 30.7 Å². The first-order chi connectivity index (χ1) is 8.72. The molecule has 1 atom stereocenters. The summed E-state index contributed by atoms with van der Waals surface area (Å²) in [5.74, 6) is 0. The molecule has 1 fully saturated rings. The van der Waals surface area contributed by atoms with Crippen LogP contribution in [0.4, 0.5) is 6.01 Å². The summed E-state index contributed by atoms with van der Waals surface area (Å²) in [6, 6.07) is 6.78. The third kappa shape index (κ3) is 2.31. The summed E-state index contributed by atoms with van der Waals surface area (Å²) in [6.45, 7) is 5.05. The molecule has 0 amide bonds. The van der Waals surface area contributed by atoms with E-state index in [0.717, 1.165) is 37.2 Å². The molecule has 1 aromatic carbocycles. The Hall–Kier alpha value is -1.26. The van der Waals surface area contributed by atoms with Crippen LogP contribution < -0.4 is 10.2 Å². The molecule has 2 heterocycles. The minimum atomic E-state index is 0.550. The second-order valence-electron chi connectivity index (χ2n) is 4.74. The average molecular weight is 266 g/mol. The maximum Gasteiger partial charge on any atom is 0.298 e. The Balaban J connectivity index is 1.89. The smallest absolute Gasteiger partial charge is 0.298 e. The van der Waals surface area contributed by atoms with E-state index in [4.69, 9.17) is 16.0 Å². The first kappa shape index (κ1) is 11.8. The lowest BCUT2D eigenvalue weighted by Gasteiger charge is -2.16. The molecule has 0 bridgehead atoms. The highest BCUT2D eigenvalue weighted by Gasteiger charge is 2.18. The number of oxazole rings is 1. The van der Waals surface area contributed by atoms with Gasteiger partial charge in [0.1, 0.15) is 5.52 Å². The zero-order valence-electron chi connectivity index (χ0n) is 10.3. The molecule has 1 aliphatic rings. The normalized spacial score (nSPS) is 21.2. The van der Waals surface area contributed by atoms with Gasteiger partial charge >= 0.3 is 0 Å². The third-order valence-electron chi connectivity index (χ3n) is 3.32.